The van der Waals surface area contributed by atoms with Gasteiger partial charge in [0.05, 0.1) is 22.4 Å². The molecule has 0 bridgehead atoms. The van der Waals surface area contributed by atoms with Crippen molar-refractivity contribution in [1.82, 2.24) is 9.55 Å². The second-order valence-electron chi connectivity index (χ2n) is 13.1. The molecule has 11 rings (SSSR count). The van der Waals surface area contributed by atoms with Crippen molar-refractivity contribution in [3.63, 3.8) is 0 Å². The smallest absolute Gasteiger partial charge is 0.160 e. The molecule has 238 valence electrons. The van der Waals surface area contributed by atoms with Crippen molar-refractivity contribution in [2.75, 3.05) is 0 Å². The maximum absolute atomic E-state index is 6.86. The Balaban J connectivity index is 1.17. The highest BCUT2D eigenvalue weighted by atomic mass is 32.1. The number of furan rings is 1. The fraction of sp³-hybridized carbons (Fsp3) is 0. The highest BCUT2D eigenvalue weighted by Crippen LogP contribution is 2.50. The van der Waals surface area contributed by atoms with Gasteiger partial charge in [-0.05, 0) is 53.6 Å². The van der Waals surface area contributed by atoms with Crippen LogP contribution in [0.15, 0.2) is 174 Å². The van der Waals surface area contributed by atoms with Crippen molar-refractivity contribution in [1.29, 1.82) is 0 Å². The van der Waals surface area contributed by atoms with Crippen LogP contribution in [0.3, 0.4) is 0 Å². The van der Waals surface area contributed by atoms with E-state index in [-0.39, 0.29) is 0 Å². The Hall–Kier alpha value is -6.49. The van der Waals surface area contributed by atoms with E-state index in [2.05, 4.69) is 162 Å². The predicted molar refractivity (Wildman–Crippen MR) is 215 cm³/mol. The van der Waals surface area contributed by atoms with Crippen LogP contribution in [-0.4, -0.2) is 9.55 Å². The third-order valence-corrected chi connectivity index (χ3v) is 11.4. The zero-order valence-corrected chi connectivity index (χ0v) is 28.2. The van der Waals surface area contributed by atoms with E-state index < -0.39 is 0 Å². The minimum Gasteiger partial charge on any atom is -0.454 e. The van der Waals surface area contributed by atoms with Crippen LogP contribution in [0.25, 0.3) is 103 Å². The average molecular weight is 669 g/mol. The quantitative estimate of drug-likeness (QED) is 0.187. The molecule has 0 aliphatic carbocycles. The van der Waals surface area contributed by atoms with Crippen LogP contribution in [0, 0.1) is 0 Å². The molecule has 11 aromatic rings. The van der Waals surface area contributed by atoms with Crippen LogP contribution in [0.1, 0.15) is 0 Å². The van der Waals surface area contributed by atoms with E-state index in [4.69, 9.17) is 9.40 Å². The molecule has 0 saturated carbocycles. The van der Waals surface area contributed by atoms with Gasteiger partial charge in [-0.2, -0.15) is 0 Å². The fourth-order valence-electron chi connectivity index (χ4n) is 7.90. The molecule has 0 spiro atoms. The topological polar surface area (TPSA) is 31.0 Å². The molecule has 0 saturated heterocycles. The summed E-state index contributed by atoms with van der Waals surface area (Å²) in [6, 6.07) is 60.2. The zero-order valence-electron chi connectivity index (χ0n) is 27.4. The van der Waals surface area contributed by atoms with Gasteiger partial charge in [0.25, 0.3) is 0 Å². The van der Waals surface area contributed by atoms with E-state index in [9.17, 15) is 0 Å². The SMILES string of the molecule is c1ccc(-c2cc(-c3ccc(-n4c5ccccc5c5c6sc7ccccc7c6c6c7ccccc7oc6c54)cc3)cc(-c3ccccc3)n2)cc1. The lowest BCUT2D eigenvalue weighted by Gasteiger charge is -2.12. The highest BCUT2D eigenvalue weighted by Gasteiger charge is 2.25. The molecule has 3 nitrogen and oxygen atoms in total. The van der Waals surface area contributed by atoms with Crippen molar-refractivity contribution >= 4 is 75.3 Å². The number of thiophene rings is 1. The van der Waals surface area contributed by atoms with Gasteiger partial charge in [-0.25, -0.2) is 4.98 Å². The third-order valence-electron chi connectivity index (χ3n) is 10.2. The van der Waals surface area contributed by atoms with Gasteiger partial charge in [0.2, 0.25) is 0 Å². The van der Waals surface area contributed by atoms with Crippen molar-refractivity contribution in [3.05, 3.63) is 170 Å². The summed E-state index contributed by atoms with van der Waals surface area (Å²) in [6.45, 7) is 0. The van der Waals surface area contributed by atoms with Gasteiger partial charge in [0, 0.05) is 58.5 Å². The number of benzene rings is 7. The average Bonchev–Trinajstić information content (AvgIpc) is 3.88. The Morgan fingerprint density at radius 1 is 0.471 bits per heavy atom. The second kappa shape index (κ2) is 11.0. The maximum atomic E-state index is 6.86. The first-order chi connectivity index (χ1) is 25.3. The van der Waals surface area contributed by atoms with E-state index in [0.717, 1.165) is 66.9 Å². The molecule has 0 unspecified atom stereocenters. The number of hydrogen-bond donors (Lipinski definition) is 0. The first-order valence-electron chi connectivity index (χ1n) is 17.2. The van der Waals surface area contributed by atoms with Crippen molar-refractivity contribution in [2.45, 2.75) is 0 Å². The molecule has 0 N–H and O–H groups in total. The summed E-state index contributed by atoms with van der Waals surface area (Å²) in [4.78, 5) is 5.10. The largest absolute Gasteiger partial charge is 0.454 e. The molecule has 4 heterocycles. The molecule has 7 aromatic carbocycles. The van der Waals surface area contributed by atoms with Crippen LogP contribution in [0.2, 0.25) is 0 Å². The van der Waals surface area contributed by atoms with Crippen molar-refractivity contribution in [2.24, 2.45) is 0 Å². The van der Waals surface area contributed by atoms with Crippen molar-refractivity contribution < 1.29 is 4.42 Å². The van der Waals surface area contributed by atoms with Gasteiger partial charge in [-0.3, -0.25) is 0 Å². The summed E-state index contributed by atoms with van der Waals surface area (Å²) in [5.74, 6) is 0. The molecule has 4 heteroatoms. The monoisotopic (exact) mass is 668 g/mol. The Morgan fingerprint density at radius 3 is 1.80 bits per heavy atom. The lowest BCUT2D eigenvalue weighted by atomic mass is 9.99. The fourth-order valence-corrected chi connectivity index (χ4v) is 9.17. The Morgan fingerprint density at radius 2 is 1.08 bits per heavy atom. The molecule has 0 aliphatic rings. The number of aromatic nitrogens is 2. The minimum absolute atomic E-state index is 0.907. The third kappa shape index (κ3) is 4.27. The van der Waals surface area contributed by atoms with E-state index in [1.807, 2.05) is 23.5 Å². The number of hydrogen-bond acceptors (Lipinski definition) is 3. The summed E-state index contributed by atoms with van der Waals surface area (Å²) in [5, 5.41) is 7.36. The molecule has 0 radical (unpaired) electrons. The zero-order chi connectivity index (χ0) is 33.5. The van der Waals surface area contributed by atoms with E-state index in [1.54, 1.807) is 0 Å². The van der Waals surface area contributed by atoms with E-state index >= 15 is 0 Å². The number of nitrogens with zero attached hydrogens (tertiary/aromatic N) is 2. The lowest BCUT2D eigenvalue weighted by Crippen LogP contribution is -1.95. The van der Waals surface area contributed by atoms with Crippen LogP contribution < -0.4 is 0 Å². The minimum atomic E-state index is 0.907. The molecule has 4 aromatic heterocycles. The van der Waals surface area contributed by atoms with Crippen LogP contribution >= 0.6 is 11.3 Å². The summed E-state index contributed by atoms with van der Waals surface area (Å²) in [5.41, 5.74) is 11.6. The predicted octanol–water partition coefficient (Wildman–Crippen LogP) is 13.4. The first-order valence-corrected chi connectivity index (χ1v) is 18.0. The second-order valence-corrected chi connectivity index (χ2v) is 14.1. The molecule has 51 heavy (non-hydrogen) atoms. The summed E-state index contributed by atoms with van der Waals surface area (Å²) >= 11 is 1.88. The van der Waals surface area contributed by atoms with Crippen LogP contribution in [0.4, 0.5) is 0 Å². The van der Waals surface area contributed by atoms with Crippen LogP contribution in [-0.2, 0) is 0 Å². The first kappa shape index (κ1) is 28.4. The number of fused-ring (bicyclic) bond motifs is 12. The number of pyridine rings is 1. The molecule has 0 fully saturated rings. The van der Waals surface area contributed by atoms with E-state index in [0.29, 0.717) is 0 Å². The van der Waals surface area contributed by atoms with Crippen molar-refractivity contribution in [3.8, 4) is 39.3 Å². The summed E-state index contributed by atoms with van der Waals surface area (Å²) in [6.07, 6.45) is 0. The number of rotatable bonds is 4. The molecule has 0 atom stereocenters. The Kier molecular flexibility index (Phi) is 6.12. The van der Waals surface area contributed by atoms with Crippen LogP contribution in [0.5, 0.6) is 0 Å². The molecule has 0 aliphatic heterocycles. The standard InChI is InChI=1S/C47H28N2OS/c1-3-13-30(14-4-1)37-27-32(28-38(48-37)31-15-5-2-6-16-31)29-23-25-33(26-24-29)49-39-20-10-7-17-34(39)44-45(49)46-42(35-18-8-11-21-40(35)50-46)43-36-19-9-12-22-41(36)51-47(43)44/h1-28H. The molecule has 0 amide bonds. The van der Waals surface area contributed by atoms with Gasteiger partial charge in [0.1, 0.15) is 5.58 Å². The van der Waals surface area contributed by atoms with Gasteiger partial charge in [-0.15, -0.1) is 11.3 Å². The lowest BCUT2D eigenvalue weighted by molar-refractivity contribution is 0.671. The maximum Gasteiger partial charge on any atom is 0.160 e. The van der Waals surface area contributed by atoms with Gasteiger partial charge in [0.15, 0.2) is 5.58 Å². The molecular formula is C47H28N2OS. The Bertz CT molecular complexity index is 3060. The van der Waals surface area contributed by atoms with E-state index in [1.165, 1.54) is 36.3 Å². The summed E-state index contributed by atoms with van der Waals surface area (Å²) < 4.78 is 11.9. The summed E-state index contributed by atoms with van der Waals surface area (Å²) in [7, 11) is 0. The Labute approximate surface area is 297 Å². The van der Waals surface area contributed by atoms with Gasteiger partial charge >= 0.3 is 0 Å². The molecular weight excluding hydrogens is 641 g/mol. The van der Waals surface area contributed by atoms with Gasteiger partial charge in [-0.1, -0.05) is 127 Å². The number of para-hydroxylation sites is 2. The highest BCUT2D eigenvalue weighted by molar-refractivity contribution is 7.27. The van der Waals surface area contributed by atoms with Gasteiger partial charge < -0.3 is 8.98 Å². The normalized spacial score (nSPS) is 11.9.